The summed E-state index contributed by atoms with van der Waals surface area (Å²) in [5, 5.41) is 3.20. The van der Waals surface area contributed by atoms with Crippen LogP contribution >= 0.6 is 0 Å². The Hall–Kier alpha value is -2.43. The Morgan fingerprint density at radius 1 is 1.11 bits per heavy atom. The topological polar surface area (TPSA) is 55.6 Å². The van der Waals surface area contributed by atoms with Crippen molar-refractivity contribution in [3.63, 3.8) is 0 Å². The second kappa shape index (κ2) is 5.06. The van der Waals surface area contributed by atoms with Crippen LogP contribution in [0.3, 0.4) is 0 Å². The molecular weight excluding hydrogens is 238 g/mol. The fraction of sp³-hybridized carbons (Fsp3) is 0.214. The van der Waals surface area contributed by atoms with Crippen molar-refractivity contribution < 1.29 is 0 Å². The van der Waals surface area contributed by atoms with Gasteiger partial charge in [-0.15, -0.1) is 0 Å². The molecule has 0 bridgehead atoms. The van der Waals surface area contributed by atoms with E-state index >= 15 is 0 Å². The zero-order valence-electron chi connectivity index (χ0n) is 10.7. The van der Waals surface area contributed by atoms with Gasteiger partial charge >= 0.3 is 0 Å². The number of imidazole rings is 1. The van der Waals surface area contributed by atoms with Crippen LogP contribution < -0.4 is 5.32 Å². The molecule has 0 aromatic heterocycles. The smallest absolute Gasteiger partial charge is 0.165 e. The summed E-state index contributed by atoms with van der Waals surface area (Å²) >= 11 is 0. The van der Waals surface area contributed by atoms with E-state index in [2.05, 4.69) is 32.4 Å². The van der Waals surface area contributed by atoms with Crippen molar-refractivity contribution in [3.8, 4) is 11.5 Å². The zero-order valence-corrected chi connectivity index (χ0v) is 10.7. The van der Waals surface area contributed by atoms with Crippen molar-refractivity contribution in [2.75, 3.05) is 11.9 Å². The third kappa shape index (κ3) is 2.27. The number of hydrogen-bond donors (Lipinski definition) is 1. The van der Waals surface area contributed by atoms with Gasteiger partial charge in [-0.25, -0.2) is 15.0 Å². The Morgan fingerprint density at radius 3 is 2.74 bits per heavy atom. The van der Waals surface area contributed by atoms with Gasteiger partial charge in [-0.05, 0) is 12.5 Å². The molecule has 0 saturated carbocycles. The Kier molecular flexibility index (Phi) is 3.10. The number of benzene rings is 1. The molecule has 96 valence electrons. The lowest BCUT2D eigenvalue weighted by Crippen LogP contribution is -2.10. The van der Waals surface area contributed by atoms with E-state index in [0.29, 0.717) is 0 Å². The maximum absolute atomic E-state index is 4.41. The standard InChI is InChI=1S/C14H15N5/c1-2-15-13-12-14(17-9-16-12)19(10-18-13)8-11-6-4-3-5-7-11/h3-7,9-10,15H,2,8H2,1H3. The summed E-state index contributed by atoms with van der Waals surface area (Å²) in [5.74, 6) is 1.65. The normalized spacial score (nSPS) is 10.8. The lowest BCUT2D eigenvalue weighted by molar-refractivity contribution is 0.761. The summed E-state index contributed by atoms with van der Waals surface area (Å²) < 4.78 is 2.01. The van der Waals surface area contributed by atoms with Crippen LogP contribution in [-0.2, 0) is 6.54 Å². The molecule has 1 N–H and O–H groups in total. The van der Waals surface area contributed by atoms with E-state index in [9.17, 15) is 0 Å². The van der Waals surface area contributed by atoms with Crippen LogP contribution in [0.5, 0.6) is 0 Å². The number of nitrogens with zero attached hydrogens (tertiary/aromatic N) is 4. The molecule has 0 saturated heterocycles. The van der Waals surface area contributed by atoms with Crippen molar-refractivity contribution in [1.29, 1.82) is 0 Å². The molecule has 0 amide bonds. The van der Waals surface area contributed by atoms with Crippen LogP contribution in [0.2, 0.25) is 0 Å². The second-order valence-electron chi connectivity index (χ2n) is 4.28. The third-order valence-corrected chi connectivity index (χ3v) is 2.94. The number of anilines is 1. The molecule has 5 heteroatoms. The largest absolute Gasteiger partial charge is 0.368 e. The maximum Gasteiger partial charge on any atom is 0.165 e. The molecule has 0 unspecified atom stereocenters. The number of rotatable bonds is 4. The van der Waals surface area contributed by atoms with E-state index in [1.54, 1.807) is 6.33 Å². The van der Waals surface area contributed by atoms with Crippen molar-refractivity contribution in [2.45, 2.75) is 13.5 Å². The lowest BCUT2D eigenvalue weighted by atomic mass is 10.2. The summed E-state index contributed by atoms with van der Waals surface area (Å²) in [6.45, 7) is 3.60. The van der Waals surface area contributed by atoms with Gasteiger partial charge in [0.15, 0.2) is 17.3 Å². The minimum Gasteiger partial charge on any atom is -0.368 e. The van der Waals surface area contributed by atoms with E-state index in [0.717, 1.165) is 30.4 Å². The number of nitrogens with one attached hydrogen (secondary N) is 1. The van der Waals surface area contributed by atoms with E-state index in [-0.39, 0.29) is 0 Å². The first-order valence-corrected chi connectivity index (χ1v) is 6.32. The summed E-state index contributed by atoms with van der Waals surface area (Å²) in [6.07, 6.45) is 3.39. The van der Waals surface area contributed by atoms with E-state index in [4.69, 9.17) is 0 Å². The third-order valence-electron chi connectivity index (χ3n) is 2.94. The van der Waals surface area contributed by atoms with Gasteiger partial charge in [0.05, 0.1) is 12.9 Å². The average Bonchev–Trinajstić information content (AvgIpc) is 2.93. The maximum atomic E-state index is 4.41. The monoisotopic (exact) mass is 253 g/mol. The SMILES string of the molecule is CCNc1ncn(Cc2ccccc2)c2ncnc1-2. The molecule has 0 radical (unpaired) electrons. The fourth-order valence-electron chi connectivity index (χ4n) is 2.07. The highest BCUT2D eigenvalue weighted by atomic mass is 15.2. The first-order valence-electron chi connectivity index (χ1n) is 6.32. The van der Waals surface area contributed by atoms with Crippen LogP contribution in [0.1, 0.15) is 12.5 Å². The molecule has 2 aliphatic rings. The summed E-state index contributed by atoms with van der Waals surface area (Å²) in [7, 11) is 0. The quantitative estimate of drug-likeness (QED) is 0.775. The summed E-state index contributed by atoms with van der Waals surface area (Å²) in [4.78, 5) is 13.0. The van der Waals surface area contributed by atoms with Crippen LogP contribution in [-0.4, -0.2) is 26.1 Å². The predicted octanol–water partition coefficient (Wildman–Crippen LogP) is 2.26. The van der Waals surface area contributed by atoms with Crippen molar-refractivity contribution in [1.82, 2.24) is 19.5 Å². The van der Waals surface area contributed by atoms with Gasteiger partial charge in [-0.3, -0.25) is 0 Å². The molecule has 0 spiro atoms. The van der Waals surface area contributed by atoms with Crippen LogP contribution in [0, 0.1) is 0 Å². The molecule has 2 heterocycles. The number of hydrogen-bond acceptors (Lipinski definition) is 4. The minimum atomic E-state index is 0.745. The first kappa shape index (κ1) is 11.6. The highest BCUT2D eigenvalue weighted by molar-refractivity contribution is 5.66. The van der Waals surface area contributed by atoms with E-state index < -0.39 is 0 Å². The molecule has 0 aliphatic carbocycles. The van der Waals surface area contributed by atoms with Gasteiger partial charge in [-0.2, -0.15) is 0 Å². The van der Waals surface area contributed by atoms with Gasteiger partial charge in [0.2, 0.25) is 0 Å². The molecule has 5 nitrogen and oxygen atoms in total. The predicted molar refractivity (Wildman–Crippen MR) is 74.1 cm³/mol. The zero-order chi connectivity index (χ0) is 13.1. The Balaban J connectivity index is 1.97. The van der Waals surface area contributed by atoms with Crippen molar-refractivity contribution >= 4 is 5.82 Å². The molecular formula is C14H15N5. The molecule has 19 heavy (non-hydrogen) atoms. The molecule has 1 aromatic rings. The van der Waals surface area contributed by atoms with Gasteiger partial charge in [0.25, 0.3) is 0 Å². The highest BCUT2D eigenvalue weighted by Crippen LogP contribution is 2.24. The number of fused-ring (bicyclic) bond motifs is 1. The molecule has 2 aliphatic heterocycles. The molecule has 0 atom stereocenters. The Bertz CT molecular complexity index is 632. The average molecular weight is 253 g/mol. The minimum absolute atomic E-state index is 0.745. The Morgan fingerprint density at radius 2 is 1.95 bits per heavy atom. The van der Waals surface area contributed by atoms with Crippen LogP contribution in [0.25, 0.3) is 11.5 Å². The van der Waals surface area contributed by atoms with Crippen molar-refractivity contribution in [3.05, 3.63) is 48.5 Å². The van der Waals surface area contributed by atoms with Crippen LogP contribution in [0.4, 0.5) is 5.82 Å². The number of aromatic nitrogens is 4. The van der Waals surface area contributed by atoms with E-state index in [1.165, 1.54) is 5.56 Å². The van der Waals surface area contributed by atoms with Crippen LogP contribution in [0.15, 0.2) is 43.0 Å². The van der Waals surface area contributed by atoms with Gasteiger partial charge in [0.1, 0.15) is 6.33 Å². The first-order chi connectivity index (χ1) is 9.38. The summed E-state index contributed by atoms with van der Waals surface area (Å²) in [5.41, 5.74) is 2.04. The molecule has 1 aromatic carbocycles. The lowest BCUT2D eigenvalue weighted by Gasteiger charge is -2.13. The second-order valence-corrected chi connectivity index (χ2v) is 4.28. The van der Waals surface area contributed by atoms with Crippen molar-refractivity contribution in [2.24, 2.45) is 0 Å². The Labute approximate surface area is 111 Å². The molecule has 3 rings (SSSR count). The highest BCUT2D eigenvalue weighted by Gasteiger charge is 2.16. The van der Waals surface area contributed by atoms with Gasteiger partial charge in [0, 0.05) is 6.54 Å². The molecule has 0 fully saturated rings. The summed E-state index contributed by atoms with van der Waals surface area (Å²) in [6, 6.07) is 10.3. The fourth-order valence-corrected chi connectivity index (χ4v) is 2.07. The van der Waals surface area contributed by atoms with Gasteiger partial charge in [-0.1, -0.05) is 30.3 Å². The van der Waals surface area contributed by atoms with Gasteiger partial charge < -0.3 is 9.88 Å². The van der Waals surface area contributed by atoms with E-state index in [1.807, 2.05) is 36.0 Å².